The van der Waals surface area contributed by atoms with Crippen LogP contribution in [0.2, 0.25) is 0 Å². The summed E-state index contributed by atoms with van der Waals surface area (Å²) < 4.78 is 0. The van der Waals surface area contributed by atoms with Gasteiger partial charge in [0, 0.05) is 22.3 Å². The van der Waals surface area contributed by atoms with Gasteiger partial charge >= 0.3 is 0 Å². The van der Waals surface area contributed by atoms with Gasteiger partial charge in [-0.25, -0.2) is 0 Å². The van der Waals surface area contributed by atoms with Gasteiger partial charge in [-0.05, 0) is 23.3 Å². The largest absolute Gasteiger partial charge is 0.296 e. The van der Waals surface area contributed by atoms with E-state index < -0.39 is 0 Å². The highest BCUT2D eigenvalue weighted by atomic mass is 32.1. The number of hydrogen-bond donors (Lipinski definition) is 1. The van der Waals surface area contributed by atoms with Crippen molar-refractivity contribution in [3.63, 3.8) is 0 Å². The molecule has 0 radical (unpaired) electrons. The number of rotatable bonds is 3. The van der Waals surface area contributed by atoms with Gasteiger partial charge in [0.1, 0.15) is 5.01 Å². The Morgan fingerprint density at radius 2 is 1.50 bits per heavy atom. The molecule has 5 rings (SSSR count). The van der Waals surface area contributed by atoms with Gasteiger partial charge in [0.15, 0.2) is 5.78 Å². The molecule has 0 saturated heterocycles. The number of nitrogens with zero attached hydrogens (tertiary/aromatic N) is 2. The molecule has 4 aromatic rings. The maximum absolute atomic E-state index is 12.7. The summed E-state index contributed by atoms with van der Waals surface area (Å²) in [5.41, 5.74) is 4.35. The van der Waals surface area contributed by atoms with Crippen LogP contribution in [0.15, 0.2) is 72.8 Å². The first-order chi connectivity index (χ1) is 13.7. The number of benzene rings is 3. The van der Waals surface area contributed by atoms with Crippen LogP contribution in [-0.4, -0.2) is 21.9 Å². The van der Waals surface area contributed by atoms with Gasteiger partial charge in [0.05, 0.1) is 0 Å². The molecule has 0 unspecified atom stereocenters. The summed E-state index contributed by atoms with van der Waals surface area (Å²) in [6.45, 7) is 0. The minimum atomic E-state index is -0.317. The van der Waals surface area contributed by atoms with E-state index in [4.69, 9.17) is 0 Å². The van der Waals surface area contributed by atoms with Gasteiger partial charge < -0.3 is 0 Å². The first-order valence-electron chi connectivity index (χ1n) is 8.69. The number of amides is 1. The highest BCUT2D eigenvalue weighted by molar-refractivity contribution is 7.18. The number of hydrogen-bond acceptors (Lipinski definition) is 5. The second-order valence-corrected chi connectivity index (χ2v) is 7.35. The van der Waals surface area contributed by atoms with Gasteiger partial charge in [-0.1, -0.05) is 72.0 Å². The van der Waals surface area contributed by atoms with E-state index in [-0.39, 0.29) is 11.7 Å². The molecule has 1 aliphatic carbocycles. The maximum atomic E-state index is 12.7. The van der Waals surface area contributed by atoms with E-state index in [0.29, 0.717) is 21.8 Å². The molecule has 0 fully saturated rings. The number of fused-ring (bicyclic) bond motifs is 3. The van der Waals surface area contributed by atoms with Crippen molar-refractivity contribution in [2.24, 2.45) is 0 Å². The Kier molecular flexibility index (Phi) is 3.84. The zero-order valence-electron chi connectivity index (χ0n) is 14.5. The molecule has 0 spiro atoms. The van der Waals surface area contributed by atoms with Crippen molar-refractivity contribution in [1.29, 1.82) is 0 Å². The van der Waals surface area contributed by atoms with Crippen LogP contribution in [-0.2, 0) is 0 Å². The molecule has 1 aromatic heterocycles. The molecule has 0 atom stereocenters. The summed E-state index contributed by atoms with van der Waals surface area (Å²) in [6, 6.07) is 22.3. The molecule has 28 heavy (non-hydrogen) atoms. The Hall–Kier alpha value is -3.64. The maximum Gasteiger partial charge on any atom is 0.257 e. The van der Waals surface area contributed by atoms with E-state index in [2.05, 4.69) is 15.5 Å². The number of nitrogens with one attached hydrogen (secondary N) is 1. The van der Waals surface area contributed by atoms with Crippen LogP contribution in [0.3, 0.4) is 0 Å². The molecule has 1 heterocycles. The van der Waals surface area contributed by atoms with Gasteiger partial charge in [0.2, 0.25) is 5.13 Å². The predicted octanol–water partition coefficient (Wildman–Crippen LogP) is 4.67. The monoisotopic (exact) mass is 383 g/mol. The van der Waals surface area contributed by atoms with Crippen LogP contribution in [0.1, 0.15) is 26.3 Å². The lowest BCUT2D eigenvalue weighted by molar-refractivity contribution is 0.102. The second-order valence-electron chi connectivity index (χ2n) is 6.37. The van der Waals surface area contributed by atoms with E-state index in [9.17, 15) is 9.59 Å². The SMILES string of the molecule is O=C(Nc1nnc(-c2ccccc2)s1)c1ccc2c(c1)C(=O)c1ccccc1-2. The van der Waals surface area contributed by atoms with Crippen LogP contribution < -0.4 is 5.32 Å². The molecule has 1 N–H and O–H groups in total. The minimum Gasteiger partial charge on any atom is -0.296 e. The van der Waals surface area contributed by atoms with Crippen molar-refractivity contribution in [1.82, 2.24) is 10.2 Å². The molecule has 3 aromatic carbocycles. The van der Waals surface area contributed by atoms with Gasteiger partial charge in [0.25, 0.3) is 5.91 Å². The Balaban J connectivity index is 1.40. The zero-order chi connectivity index (χ0) is 19.1. The van der Waals surface area contributed by atoms with Crippen molar-refractivity contribution in [2.45, 2.75) is 0 Å². The first kappa shape index (κ1) is 16.5. The van der Waals surface area contributed by atoms with Crippen LogP contribution >= 0.6 is 11.3 Å². The van der Waals surface area contributed by atoms with Crippen molar-refractivity contribution in [3.8, 4) is 21.7 Å². The van der Waals surface area contributed by atoms with Gasteiger partial charge in [-0.15, -0.1) is 10.2 Å². The Labute approximate surface area is 164 Å². The first-order valence-corrected chi connectivity index (χ1v) is 9.51. The molecule has 0 aliphatic heterocycles. The fourth-order valence-corrected chi connectivity index (χ4v) is 4.05. The molecule has 0 saturated carbocycles. The molecule has 1 aliphatic rings. The molecule has 5 nitrogen and oxygen atoms in total. The Morgan fingerprint density at radius 1 is 0.786 bits per heavy atom. The van der Waals surface area contributed by atoms with Crippen molar-refractivity contribution in [2.75, 3.05) is 5.32 Å². The Bertz CT molecular complexity index is 1230. The lowest BCUT2D eigenvalue weighted by Gasteiger charge is -2.04. The number of carbonyl (C=O) groups excluding carboxylic acids is 2. The highest BCUT2D eigenvalue weighted by Crippen LogP contribution is 2.36. The van der Waals surface area contributed by atoms with Gasteiger partial charge in [-0.2, -0.15) is 0 Å². The predicted molar refractivity (Wildman–Crippen MR) is 109 cm³/mol. The highest BCUT2D eigenvalue weighted by Gasteiger charge is 2.27. The molecule has 134 valence electrons. The third kappa shape index (κ3) is 2.71. The van der Waals surface area contributed by atoms with Crippen molar-refractivity contribution in [3.05, 3.63) is 89.5 Å². The topological polar surface area (TPSA) is 72.0 Å². The molecule has 1 amide bonds. The quantitative estimate of drug-likeness (QED) is 0.491. The second kappa shape index (κ2) is 6.51. The number of carbonyl (C=O) groups is 2. The number of aromatic nitrogens is 2. The van der Waals surface area contributed by atoms with Crippen molar-refractivity contribution < 1.29 is 9.59 Å². The van der Waals surface area contributed by atoms with Gasteiger partial charge in [-0.3, -0.25) is 14.9 Å². The fraction of sp³-hybridized carbons (Fsp3) is 0. The number of anilines is 1. The molecule has 6 heteroatoms. The molecular formula is C22H13N3O2S. The summed E-state index contributed by atoms with van der Waals surface area (Å²) in [6.07, 6.45) is 0. The van der Waals surface area contributed by atoms with Crippen LogP contribution in [0, 0.1) is 0 Å². The third-order valence-electron chi connectivity index (χ3n) is 4.65. The fourth-order valence-electron chi connectivity index (χ4n) is 3.31. The van der Waals surface area contributed by atoms with Crippen molar-refractivity contribution >= 4 is 28.2 Å². The lowest BCUT2D eigenvalue weighted by atomic mass is 10.0. The Morgan fingerprint density at radius 3 is 2.32 bits per heavy atom. The summed E-state index contributed by atoms with van der Waals surface area (Å²) in [5.74, 6) is -0.371. The van der Waals surface area contributed by atoms with Crippen LogP contribution in [0.5, 0.6) is 0 Å². The third-order valence-corrected chi connectivity index (χ3v) is 5.54. The molecular weight excluding hydrogens is 370 g/mol. The lowest BCUT2D eigenvalue weighted by Crippen LogP contribution is -2.12. The summed E-state index contributed by atoms with van der Waals surface area (Å²) in [4.78, 5) is 25.3. The summed E-state index contributed by atoms with van der Waals surface area (Å²) >= 11 is 1.30. The summed E-state index contributed by atoms with van der Waals surface area (Å²) in [5, 5.41) is 12.1. The van der Waals surface area contributed by atoms with E-state index in [1.165, 1.54) is 11.3 Å². The summed E-state index contributed by atoms with van der Waals surface area (Å²) in [7, 11) is 0. The number of ketones is 1. The minimum absolute atomic E-state index is 0.0532. The average Bonchev–Trinajstić information content (AvgIpc) is 3.32. The van der Waals surface area contributed by atoms with E-state index >= 15 is 0 Å². The smallest absolute Gasteiger partial charge is 0.257 e. The van der Waals surface area contributed by atoms with E-state index in [1.807, 2.05) is 60.7 Å². The normalized spacial score (nSPS) is 11.8. The standard InChI is InChI=1S/C22H13N3O2S/c26-19-17-9-5-4-8-15(17)16-11-10-14(12-18(16)19)20(27)23-22-25-24-21(28-22)13-6-2-1-3-7-13/h1-12H,(H,23,25,27). The van der Waals surface area contributed by atoms with E-state index in [1.54, 1.807) is 12.1 Å². The average molecular weight is 383 g/mol. The van der Waals surface area contributed by atoms with Crippen LogP contribution in [0.25, 0.3) is 21.7 Å². The van der Waals surface area contributed by atoms with Crippen LogP contribution in [0.4, 0.5) is 5.13 Å². The zero-order valence-corrected chi connectivity index (χ0v) is 15.4. The van der Waals surface area contributed by atoms with E-state index in [0.717, 1.165) is 21.7 Å². The molecule has 0 bridgehead atoms.